The van der Waals surface area contributed by atoms with Crippen molar-refractivity contribution in [3.05, 3.63) is 68.7 Å². The predicted octanol–water partition coefficient (Wildman–Crippen LogP) is 3.74. The lowest BCUT2D eigenvalue weighted by Crippen LogP contribution is -2.07. The van der Waals surface area contributed by atoms with Crippen LogP contribution in [-0.4, -0.2) is 22.2 Å². The fourth-order valence-electron chi connectivity index (χ4n) is 2.11. The molecule has 0 atom stereocenters. The Hall–Kier alpha value is -2.14. The molecule has 21 heavy (non-hydrogen) atoms. The van der Waals surface area contributed by atoms with Crippen molar-refractivity contribution in [3.8, 4) is 0 Å². The van der Waals surface area contributed by atoms with Gasteiger partial charge >= 0.3 is 11.9 Å². The first-order valence-electron chi connectivity index (χ1n) is 6.23. The molecule has 4 nitrogen and oxygen atoms in total. The maximum Gasteiger partial charge on any atom is 0.336 e. The summed E-state index contributed by atoms with van der Waals surface area (Å²) in [5.74, 6) is -2.26. The molecule has 2 aromatic carbocycles. The van der Waals surface area contributed by atoms with E-state index >= 15 is 0 Å². The van der Waals surface area contributed by atoms with Crippen molar-refractivity contribution in [2.45, 2.75) is 13.3 Å². The number of hydrogen-bond donors (Lipinski definition) is 2. The van der Waals surface area contributed by atoms with Crippen molar-refractivity contribution < 1.29 is 19.8 Å². The zero-order valence-electron chi connectivity index (χ0n) is 11.3. The molecule has 108 valence electrons. The van der Waals surface area contributed by atoms with Crippen LogP contribution in [0.1, 0.15) is 37.4 Å². The molecule has 0 amide bonds. The lowest BCUT2D eigenvalue weighted by molar-refractivity contribution is 0.0695. The van der Waals surface area contributed by atoms with Gasteiger partial charge in [-0.15, -0.1) is 0 Å². The summed E-state index contributed by atoms with van der Waals surface area (Å²) in [7, 11) is 0. The molecular formula is C16H13BrO4. The van der Waals surface area contributed by atoms with Gasteiger partial charge in [-0.25, -0.2) is 9.59 Å². The molecular weight excluding hydrogens is 336 g/mol. The molecule has 0 fully saturated rings. The van der Waals surface area contributed by atoms with Gasteiger partial charge in [0.2, 0.25) is 0 Å². The molecule has 0 radical (unpaired) electrons. The average Bonchev–Trinajstić information content (AvgIpc) is 2.43. The van der Waals surface area contributed by atoms with E-state index in [1.807, 2.05) is 25.1 Å². The van der Waals surface area contributed by atoms with E-state index in [2.05, 4.69) is 15.9 Å². The van der Waals surface area contributed by atoms with Gasteiger partial charge in [0.25, 0.3) is 0 Å². The third kappa shape index (κ3) is 3.31. The number of benzene rings is 2. The van der Waals surface area contributed by atoms with Crippen LogP contribution in [0.25, 0.3) is 0 Å². The zero-order chi connectivity index (χ0) is 15.6. The van der Waals surface area contributed by atoms with Crippen LogP contribution in [0.3, 0.4) is 0 Å². The van der Waals surface area contributed by atoms with E-state index in [-0.39, 0.29) is 11.1 Å². The normalized spacial score (nSPS) is 10.4. The second-order valence-electron chi connectivity index (χ2n) is 4.68. The number of carboxylic acid groups (broad SMARTS) is 2. The Bertz CT molecular complexity index is 722. The molecule has 0 aliphatic heterocycles. The largest absolute Gasteiger partial charge is 0.478 e. The van der Waals surface area contributed by atoms with Crippen molar-refractivity contribution in [2.24, 2.45) is 0 Å². The third-order valence-corrected chi connectivity index (χ3v) is 4.21. The Morgan fingerprint density at radius 3 is 2.38 bits per heavy atom. The quantitative estimate of drug-likeness (QED) is 0.882. The number of rotatable bonds is 4. The van der Waals surface area contributed by atoms with Crippen molar-refractivity contribution >= 4 is 27.9 Å². The fraction of sp³-hybridized carbons (Fsp3) is 0.125. The SMILES string of the molecule is Cc1c(Br)cccc1Cc1ccc(C(=O)O)cc1C(=O)O. The monoisotopic (exact) mass is 348 g/mol. The number of carbonyl (C=O) groups is 2. The lowest BCUT2D eigenvalue weighted by Gasteiger charge is -2.11. The molecule has 0 aromatic heterocycles. The van der Waals surface area contributed by atoms with E-state index in [0.29, 0.717) is 12.0 Å². The van der Waals surface area contributed by atoms with Gasteiger partial charge in [-0.05, 0) is 48.2 Å². The van der Waals surface area contributed by atoms with E-state index in [9.17, 15) is 14.7 Å². The average molecular weight is 349 g/mol. The maximum absolute atomic E-state index is 11.3. The van der Waals surface area contributed by atoms with Gasteiger partial charge in [0.15, 0.2) is 0 Å². The first-order valence-corrected chi connectivity index (χ1v) is 7.03. The molecule has 0 saturated carbocycles. The first kappa shape index (κ1) is 15.3. The van der Waals surface area contributed by atoms with Gasteiger partial charge in [0.1, 0.15) is 0 Å². The van der Waals surface area contributed by atoms with Gasteiger partial charge < -0.3 is 10.2 Å². The van der Waals surface area contributed by atoms with Crippen LogP contribution < -0.4 is 0 Å². The molecule has 0 aliphatic rings. The van der Waals surface area contributed by atoms with Crippen LogP contribution in [0.4, 0.5) is 0 Å². The van der Waals surface area contributed by atoms with E-state index in [1.165, 1.54) is 12.1 Å². The summed E-state index contributed by atoms with van der Waals surface area (Å²) in [6, 6.07) is 9.93. The number of halogens is 1. The van der Waals surface area contributed by atoms with E-state index in [0.717, 1.165) is 15.6 Å². The standard InChI is InChI=1S/C16H13BrO4/c1-9-10(3-2-4-14(9)17)7-11-5-6-12(15(18)19)8-13(11)16(20)21/h2-6,8H,7H2,1H3,(H,18,19)(H,20,21). The Morgan fingerprint density at radius 2 is 1.76 bits per heavy atom. The minimum atomic E-state index is -1.14. The minimum absolute atomic E-state index is 0.0225. The molecule has 2 rings (SSSR count). The van der Waals surface area contributed by atoms with Gasteiger partial charge in [0.05, 0.1) is 11.1 Å². The lowest BCUT2D eigenvalue weighted by atomic mass is 9.95. The second kappa shape index (κ2) is 6.10. The van der Waals surface area contributed by atoms with Gasteiger partial charge in [-0.3, -0.25) is 0 Å². The third-order valence-electron chi connectivity index (χ3n) is 3.35. The first-order chi connectivity index (χ1) is 9.90. The number of carboxylic acids is 2. The summed E-state index contributed by atoms with van der Waals surface area (Å²) in [5, 5.41) is 18.2. The summed E-state index contributed by atoms with van der Waals surface area (Å²) in [6.07, 6.45) is 0.437. The van der Waals surface area contributed by atoms with Gasteiger partial charge in [-0.2, -0.15) is 0 Å². The highest BCUT2D eigenvalue weighted by Gasteiger charge is 2.15. The van der Waals surface area contributed by atoms with Crippen LogP contribution in [0.2, 0.25) is 0 Å². The fourth-order valence-corrected chi connectivity index (χ4v) is 2.52. The maximum atomic E-state index is 11.3. The van der Waals surface area contributed by atoms with Crippen molar-refractivity contribution in [1.82, 2.24) is 0 Å². The molecule has 2 N–H and O–H groups in total. The summed E-state index contributed by atoms with van der Waals surface area (Å²) in [5.41, 5.74) is 2.62. The summed E-state index contributed by atoms with van der Waals surface area (Å²) >= 11 is 3.44. The van der Waals surface area contributed by atoms with Crippen LogP contribution >= 0.6 is 15.9 Å². The molecule has 0 unspecified atom stereocenters. The van der Waals surface area contributed by atoms with Crippen molar-refractivity contribution in [1.29, 1.82) is 0 Å². The van der Waals surface area contributed by atoms with Crippen LogP contribution in [0.15, 0.2) is 40.9 Å². The summed E-state index contributed by atoms with van der Waals surface area (Å²) in [6.45, 7) is 1.95. The molecule has 0 spiro atoms. The molecule has 5 heteroatoms. The smallest absolute Gasteiger partial charge is 0.336 e. The molecule has 0 saturated heterocycles. The van der Waals surface area contributed by atoms with Crippen LogP contribution in [0.5, 0.6) is 0 Å². The highest BCUT2D eigenvalue weighted by Crippen LogP contribution is 2.23. The van der Waals surface area contributed by atoms with Gasteiger partial charge in [0, 0.05) is 4.47 Å². The van der Waals surface area contributed by atoms with E-state index in [1.54, 1.807) is 6.07 Å². The number of hydrogen-bond acceptors (Lipinski definition) is 2. The Morgan fingerprint density at radius 1 is 1.05 bits per heavy atom. The van der Waals surface area contributed by atoms with Crippen LogP contribution in [-0.2, 0) is 6.42 Å². The highest BCUT2D eigenvalue weighted by atomic mass is 79.9. The van der Waals surface area contributed by atoms with E-state index in [4.69, 9.17) is 5.11 Å². The highest BCUT2D eigenvalue weighted by molar-refractivity contribution is 9.10. The van der Waals surface area contributed by atoms with Gasteiger partial charge in [-0.1, -0.05) is 34.1 Å². The predicted molar refractivity (Wildman–Crippen MR) is 82.0 cm³/mol. The Kier molecular flexibility index (Phi) is 4.43. The zero-order valence-corrected chi connectivity index (χ0v) is 12.8. The van der Waals surface area contributed by atoms with Crippen LogP contribution in [0, 0.1) is 6.92 Å². The molecule has 2 aromatic rings. The number of aromatic carboxylic acids is 2. The summed E-state index contributed by atoms with van der Waals surface area (Å²) in [4.78, 5) is 22.3. The van der Waals surface area contributed by atoms with Crippen molar-refractivity contribution in [3.63, 3.8) is 0 Å². The Balaban J connectivity index is 2.46. The summed E-state index contributed by atoms with van der Waals surface area (Å²) < 4.78 is 0.957. The second-order valence-corrected chi connectivity index (χ2v) is 5.54. The topological polar surface area (TPSA) is 74.6 Å². The molecule has 0 bridgehead atoms. The molecule has 0 heterocycles. The minimum Gasteiger partial charge on any atom is -0.478 e. The molecule has 0 aliphatic carbocycles. The van der Waals surface area contributed by atoms with Crippen molar-refractivity contribution in [2.75, 3.05) is 0 Å². The van der Waals surface area contributed by atoms with E-state index < -0.39 is 11.9 Å². The Labute approximate surface area is 130 Å².